The van der Waals surface area contributed by atoms with Crippen molar-refractivity contribution >= 4 is 0 Å². The van der Waals surface area contributed by atoms with Gasteiger partial charge in [-0.15, -0.1) is 0 Å². The fraction of sp³-hybridized carbons (Fsp3) is 0.500. The molecule has 2 rings (SSSR count). The van der Waals surface area contributed by atoms with E-state index < -0.39 is 12.4 Å². The zero-order valence-corrected chi connectivity index (χ0v) is 8.76. The molecule has 0 amide bonds. The van der Waals surface area contributed by atoms with Crippen molar-refractivity contribution in [2.75, 3.05) is 6.61 Å². The highest BCUT2D eigenvalue weighted by molar-refractivity contribution is 5.28. The second-order valence-electron chi connectivity index (χ2n) is 4.02. The van der Waals surface area contributed by atoms with E-state index >= 15 is 0 Å². The molecular weight excluding hydrogens is 192 g/mol. The Kier molecular flexibility index (Phi) is 3.05. The summed E-state index contributed by atoms with van der Waals surface area (Å²) in [6.45, 7) is 2.48. The average Bonchev–Trinajstić information content (AvgIpc) is 2.64. The molecule has 0 saturated carbocycles. The molecule has 0 radical (unpaired) electrons. The normalized spacial score (nSPS) is 27.9. The highest BCUT2D eigenvalue weighted by atomic mass is 16.6. The number of ether oxygens (including phenoxy) is 1. The molecule has 82 valence electrons. The second kappa shape index (κ2) is 4.31. The number of rotatable bonds is 2. The van der Waals surface area contributed by atoms with Crippen LogP contribution in [-0.4, -0.2) is 23.1 Å². The van der Waals surface area contributed by atoms with E-state index in [0.29, 0.717) is 13.0 Å². The Morgan fingerprint density at radius 2 is 2.13 bits per heavy atom. The molecule has 1 fully saturated rings. The lowest BCUT2D eigenvalue weighted by Gasteiger charge is -2.21. The molecule has 3 atom stereocenters. The standard InChI is InChI=1S/C12H16O3/c1-8-4-2-3-5-9(8)11(13)10-6-7-15-12(10)14/h2-5,10-14H,6-7H2,1H3. The molecule has 1 aromatic carbocycles. The maximum absolute atomic E-state index is 10.1. The Morgan fingerprint density at radius 1 is 1.40 bits per heavy atom. The van der Waals surface area contributed by atoms with Gasteiger partial charge in [-0.1, -0.05) is 24.3 Å². The fourth-order valence-corrected chi connectivity index (χ4v) is 2.05. The average molecular weight is 208 g/mol. The predicted molar refractivity (Wildman–Crippen MR) is 56.2 cm³/mol. The van der Waals surface area contributed by atoms with Gasteiger partial charge in [0.15, 0.2) is 6.29 Å². The van der Waals surface area contributed by atoms with Gasteiger partial charge in [-0.3, -0.25) is 0 Å². The minimum Gasteiger partial charge on any atom is -0.388 e. The monoisotopic (exact) mass is 208 g/mol. The topological polar surface area (TPSA) is 49.7 Å². The van der Waals surface area contributed by atoms with Gasteiger partial charge in [0, 0.05) is 5.92 Å². The number of aryl methyl sites for hydroxylation is 1. The van der Waals surface area contributed by atoms with Crippen molar-refractivity contribution in [1.82, 2.24) is 0 Å². The largest absolute Gasteiger partial charge is 0.388 e. The summed E-state index contributed by atoms with van der Waals surface area (Å²) < 4.78 is 5.04. The first kappa shape index (κ1) is 10.6. The summed E-state index contributed by atoms with van der Waals surface area (Å²) in [5.41, 5.74) is 1.93. The highest BCUT2D eigenvalue weighted by Gasteiger charge is 2.33. The zero-order chi connectivity index (χ0) is 10.8. The van der Waals surface area contributed by atoms with E-state index in [9.17, 15) is 10.2 Å². The molecule has 0 aliphatic carbocycles. The zero-order valence-electron chi connectivity index (χ0n) is 8.76. The molecule has 2 N–H and O–H groups in total. The third-order valence-electron chi connectivity index (χ3n) is 3.02. The van der Waals surface area contributed by atoms with E-state index in [1.165, 1.54) is 0 Å². The van der Waals surface area contributed by atoms with Crippen LogP contribution in [0.2, 0.25) is 0 Å². The third kappa shape index (κ3) is 2.04. The summed E-state index contributed by atoms with van der Waals surface area (Å²) >= 11 is 0. The molecule has 1 aromatic rings. The molecule has 1 aliphatic heterocycles. The van der Waals surface area contributed by atoms with E-state index in [2.05, 4.69) is 0 Å². The second-order valence-corrected chi connectivity index (χ2v) is 4.02. The lowest BCUT2D eigenvalue weighted by molar-refractivity contribution is -0.106. The van der Waals surface area contributed by atoms with Gasteiger partial charge >= 0.3 is 0 Å². The van der Waals surface area contributed by atoms with Crippen LogP contribution >= 0.6 is 0 Å². The minimum atomic E-state index is -0.834. The molecule has 1 heterocycles. The highest BCUT2D eigenvalue weighted by Crippen LogP contribution is 2.33. The summed E-state index contributed by atoms with van der Waals surface area (Å²) in [5, 5.41) is 19.7. The summed E-state index contributed by atoms with van der Waals surface area (Å²) in [7, 11) is 0. The first-order chi connectivity index (χ1) is 7.20. The van der Waals surface area contributed by atoms with Crippen LogP contribution in [0.4, 0.5) is 0 Å². The molecule has 1 saturated heterocycles. The van der Waals surface area contributed by atoms with Gasteiger partial charge < -0.3 is 14.9 Å². The van der Waals surface area contributed by atoms with E-state index in [4.69, 9.17) is 4.74 Å². The van der Waals surface area contributed by atoms with Crippen LogP contribution in [0.5, 0.6) is 0 Å². The Balaban J connectivity index is 2.20. The van der Waals surface area contributed by atoms with Crippen LogP contribution in [-0.2, 0) is 4.74 Å². The van der Waals surface area contributed by atoms with Crippen molar-refractivity contribution in [3.05, 3.63) is 35.4 Å². The Labute approximate surface area is 89.3 Å². The molecule has 0 aromatic heterocycles. The van der Waals surface area contributed by atoms with Gasteiger partial charge in [-0.05, 0) is 24.5 Å². The maximum atomic E-state index is 10.1. The van der Waals surface area contributed by atoms with Crippen LogP contribution in [0, 0.1) is 12.8 Å². The molecule has 0 bridgehead atoms. The van der Waals surface area contributed by atoms with Crippen LogP contribution in [0.1, 0.15) is 23.7 Å². The number of benzene rings is 1. The van der Waals surface area contributed by atoms with Gasteiger partial charge in [0.1, 0.15) is 0 Å². The first-order valence-corrected chi connectivity index (χ1v) is 5.23. The Bertz CT molecular complexity index is 337. The lowest BCUT2D eigenvalue weighted by Crippen LogP contribution is -2.22. The van der Waals surface area contributed by atoms with Crippen molar-refractivity contribution in [2.45, 2.75) is 25.7 Å². The summed E-state index contributed by atoms with van der Waals surface area (Å²) in [6, 6.07) is 7.69. The molecule has 15 heavy (non-hydrogen) atoms. The van der Waals surface area contributed by atoms with Crippen LogP contribution in [0.25, 0.3) is 0 Å². The SMILES string of the molecule is Cc1ccccc1C(O)C1CCOC1O. The number of hydrogen-bond donors (Lipinski definition) is 2. The van der Waals surface area contributed by atoms with Gasteiger partial charge in [0.05, 0.1) is 12.7 Å². The molecule has 0 spiro atoms. The molecular formula is C12H16O3. The van der Waals surface area contributed by atoms with Gasteiger partial charge in [-0.25, -0.2) is 0 Å². The minimum absolute atomic E-state index is 0.203. The molecule has 3 nitrogen and oxygen atoms in total. The van der Waals surface area contributed by atoms with E-state index in [0.717, 1.165) is 11.1 Å². The van der Waals surface area contributed by atoms with Crippen molar-refractivity contribution in [1.29, 1.82) is 0 Å². The summed E-state index contributed by atoms with van der Waals surface area (Å²) in [4.78, 5) is 0. The van der Waals surface area contributed by atoms with Crippen LogP contribution in [0.15, 0.2) is 24.3 Å². The third-order valence-corrected chi connectivity index (χ3v) is 3.02. The van der Waals surface area contributed by atoms with Crippen LogP contribution < -0.4 is 0 Å². The predicted octanol–water partition coefficient (Wildman–Crippen LogP) is 1.38. The first-order valence-electron chi connectivity index (χ1n) is 5.23. The smallest absolute Gasteiger partial charge is 0.160 e. The van der Waals surface area contributed by atoms with Gasteiger partial charge in [-0.2, -0.15) is 0 Å². The summed E-state index contributed by atoms with van der Waals surface area (Å²) in [6.07, 6.45) is -0.764. The van der Waals surface area contributed by atoms with Gasteiger partial charge in [0.2, 0.25) is 0 Å². The lowest BCUT2D eigenvalue weighted by atomic mass is 9.91. The van der Waals surface area contributed by atoms with Crippen molar-refractivity contribution < 1.29 is 14.9 Å². The van der Waals surface area contributed by atoms with Gasteiger partial charge in [0.25, 0.3) is 0 Å². The van der Waals surface area contributed by atoms with E-state index in [-0.39, 0.29) is 5.92 Å². The number of hydrogen-bond acceptors (Lipinski definition) is 3. The van der Waals surface area contributed by atoms with E-state index in [1.54, 1.807) is 0 Å². The van der Waals surface area contributed by atoms with Crippen molar-refractivity contribution in [3.63, 3.8) is 0 Å². The summed E-state index contributed by atoms with van der Waals surface area (Å²) in [5.74, 6) is -0.203. The Morgan fingerprint density at radius 3 is 2.73 bits per heavy atom. The fourth-order valence-electron chi connectivity index (χ4n) is 2.05. The Hall–Kier alpha value is -0.900. The number of aliphatic hydroxyl groups excluding tert-OH is 2. The molecule has 1 aliphatic rings. The van der Waals surface area contributed by atoms with Crippen LogP contribution in [0.3, 0.4) is 0 Å². The quantitative estimate of drug-likeness (QED) is 0.772. The molecule has 3 heteroatoms. The number of aliphatic hydroxyl groups is 2. The molecule has 3 unspecified atom stereocenters. The van der Waals surface area contributed by atoms with Crippen molar-refractivity contribution in [2.24, 2.45) is 5.92 Å². The van der Waals surface area contributed by atoms with Crippen molar-refractivity contribution in [3.8, 4) is 0 Å². The van der Waals surface area contributed by atoms with E-state index in [1.807, 2.05) is 31.2 Å². The maximum Gasteiger partial charge on any atom is 0.160 e.